The molecule has 3 rings (SSSR count). The number of ether oxygens (including phenoxy) is 3. The van der Waals surface area contributed by atoms with Gasteiger partial charge in [-0.25, -0.2) is 9.59 Å². The summed E-state index contributed by atoms with van der Waals surface area (Å²) in [4.78, 5) is 20.7. The fraction of sp³-hybridized carbons (Fsp3) is 0.391. The lowest BCUT2D eigenvalue weighted by molar-refractivity contribution is -0.159. The molecule has 1 aliphatic rings. The Morgan fingerprint density at radius 1 is 0.939 bits per heavy atom. The van der Waals surface area contributed by atoms with E-state index in [0.717, 1.165) is 48.3 Å². The topological polar surface area (TPSA) is 118 Å². The van der Waals surface area contributed by atoms with Crippen molar-refractivity contribution in [2.45, 2.75) is 25.4 Å². The second-order valence-electron chi connectivity index (χ2n) is 7.31. The minimum Gasteiger partial charge on any atom is -0.493 e. The van der Waals surface area contributed by atoms with Gasteiger partial charge in [-0.05, 0) is 43.2 Å². The first kappa shape index (κ1) is 26.3. The molecule has 3 N–H and O–H groups in total. The number of hydrogen-bond donors (Lipinski definition) is 3. The summed E-state index contributed by atoms with van der Waals surface area (Å²) < 4.78 is 17.6. The summed E-state index contributed by atoms with van der Waals surface area (Å²) in [6.45, 7) is 2.94. The molecule has 10 heteroatoms. The van der Waals surface area contributed by atoms with Crippen molar-refractivity contribution in [1.82, 2.24) is 4.90 Å². The summed E-state index contributed by atoms with van der Waals surface area (Å²) in [7, 11) is 4.96. The second kappa shape index (κ2) is 12.9. The molecule has 1 fully saturated rings. The van der Waals surface area contributed by atoms with Crippen molar-refractivity contribution >= 4 is 33.6 Å². The summed E-state index contributed by atoms with van der Waals surface area (Å²) in [5.41, 5.74) is 2.30. The Kier molecular flexibility index (Phi) is 10.3. The number of piperidine rings is 1. The number of hydrogen-bond acceptors (Lipinski definition) is 7. The van der Waals surface area contributed by atoms with E-state index in [4.69, 9.17) is 34.0 Å². The normalized spacial score (nSPS) is 13.9. The average molecular weight is 525 g/mol. The van der Waals surface area contributed by atoms with Crippen LogP contribution in [0.25, 0.3) is 0 Å². The van der Waals surface area contributed by atoms with Crippen molar-refractivity contribution in [1.29, 1.82) is 0 Å². The molecular formula is C23H29BrN2O7. The smallest absolute Gasteiger partial charge is 0.414 e. The molecular weight excluding hydrogens is 496 g/mol. The molecule has 0 radical (unpaired) electrons. The number of anilines is 1. The molecule has 0 saturated carbocycles. The largest absolute Gasteiger partial charge is 0.493 e. The maximum atomic E-state index is 9.10. The number of carboxylic acids is 2. The van der Waals surface area contributed by atoms with E-state index in [1.165, 1.54) is 5.69 Å². The van der Waals surface area contributed by atoms with Crippen LogP contribution in [0.2, 0.25) is 0 Å². The summed E-state index contributed by atoms with van der Waals surface area (Å²) in [5.74, 6) is -1.54. The predicted molar refractivity (Wildman–Crippen MR) is 127 cm³/mol. The van der Waals surface area contributed by atoms with E-state index in [2.05, 4.69) is 56.5 Å². The van der Waals surface area contributed by atoms with E-state index >= 15 is 0 Å². The summed E-state index contributed by atoms with van der Waals surface area (Å²) >= 11 is 3.48. The van der Waals surface area contributed by atoms with E-state index in [9.17, 15) is 0 Å². The number of carbonyl (C=O) groups is 2. The maximum Gasteiger partial charge on any atom is 0.414 e. The first-order chi connectivity index (χ1) is 15.8. The van der Waals surface area contributed by atoms with Crippen molar-refractivity contribution in [3.63, 3.8) is 0 Å². The lowest BCUT2D eigenvalue weighted by Gasteiger charge is -2.33. The van der Waals surface area contributed by atoms with Crippen LogP contribution < -0.4 is 19.5 Å². The van der Waals surface area contributed by atoms with Crippen LogP contribution in [-0.4, -0.2) is 67.5 Å². The Labute approximate surface area is 201 Å². The van der Waals surface area contributed by atoms with E-state index in [1.54, 1.807) is 21.3 Å². The van der Waals surface area contributed by atoms with Crippen molar-refractivity contribution in [2.75, 3.05) is 39.7 Å². The highest BCUT2D eigenvalue weighted by Gasteiger charge is 2.22. The number of rotatable bonds is 7. The molecule has 180 valence electrons. The number of halogens is 1. The van der Waals surface area contributed by atoms with Crippen LogP contribution >= 0.6 is 15.9 Å². The molecule has 1 aliphatic heterocycles. The van der Waals surface area contributed by atoms with Gasteiger partial charge in [0.2, 0.25) is 5.75 Å². The monoisotopic (exact) mass is 524 g/mol. The van der Waals surface area contributed by atoms with Gasteiger partial charge in [0.25, 0.3) is 0 Å². The lowest BCUT2D eigenvalue weighted by Crippen LogP contribution is -2.38. The van der Waals surface area contributed by atoms with Crippen LogP contribution in [0, 0.1) is 0 Å². The standard InChI is InChI=1S/C21H27BrN2O3.C2H2O4/c1-25-19-9-4-15(20(26-2)21(19)27-3)14-24-12-10-18(11-13-24)23-17-7-5-16(22)6-8-17;3-1(4)2(5)6/h4-9,18,23H,10-14H2,1-3H3;(H,3,4)(H,5,6). The maximum absolute atomic E-state index is 9.10. The predicted octanol–water partition coefficient (Wildman–Crippen LogP) is 3.71. The van der Waals surface area contributed by atoms with Gasteiger partial charge in [-0.15, -0.1) is 0 Å². The summed E-state index contributed by atoms with van der Waals surface area (Å²) in [6.07, 6.45) is 2.23. The van der Waals surface area contributed by atoms with E-state index in [0.29, 0.717) is 17.5 Å². The van der Waals surface area contributed by atoms with Crippen molar-refractivity contribution in [3.8, 4) is 17.2 Å². The van der Waals surface area contributed by atoms with Crippen LogP contribution in [0.4, 0.5) is 5.69 Å². The molecule has 2 aromatic rings. The fourth-order valence-corrected chi connectivity index (χ4v) is 3.81. The lowest BCUT2D eigenvalue weighted by atomic mass is 10.0. The Hall–Kier alpha value is -2.98. The minimum absolute atomic E-state index is 0.509. The fourth-order valence-electron chi connectivity index (χ4n) is 3.55. The molecule has 2 aromatic carbocycles. The molecule has 0 atom stereocenters. The number of nitrogens with one attached hydrogen (secondary N) is 1. The zero-order valence-electron chi connectivity index (χ0n) is 18.8. The summed E-state index contributed by atoms with van der Waals surface area (Å²) in [6, 6.07) is 12.9. The second-order valence-corrected chi connectivity index (χ2v) is 8.22. The highest BCUT2D eigenvalue weighted by molar-refractivity contribution is 9.10. The third-order valence-corrected chi connectivity index (χ3v) is 5.69. The third-order valence-electron chi connectivity index (χ3n) is 5.17. The zero-order chi connectivity index (χ0) is 24.4. The Balaban J connectivity index is 0.000000569. The van der Waals surface area contributed by atoms with Gasteiger partial charge in [0, 0.05) is 41.4 Å². The highest BCUT2D eigenvalue weighted by Crippen LogP contribution is 2.40. The SMILES string of the molecule is COc1ccc(CN2CCC(Nc3ccc(Br)cc3)CC2)c(OC)c1OC.O=C(O)C(=O)O. The molecule has 0 aliphatic carbocycles. The summed E-state index contributed by atoms with van der Waals surface area (Å²) in [5, 5.41) is 18.4. The molecule has 1 heterocycles. The van der Waals surface area contributed by atoms with Gasteiger partial charge < -0.3 is 29.7 Å². The average Bonchev–Trinajstić information content (AvgIpc) is 2.81. The van der Waals surface area contributed by atoms with Gasteiger partial charge in [-0.3, -0.25) is 4.90 Å². The third kappa shape index (κ3) is 7.83. The quantitative estimate of drug-likeness (QED) is 0.465. The number of nitrogens with zero attached hydrogens (tertiary/aromatic N) is 1. The number of carboxylic acid groups (broad SMARTS) is 2. The first-order valence-corrected chi connectivity index (χ1v) is 11.1. The number of benzene rings is 2. The van der Waals surface area contributed by atoms with E-state index < -0.39 is 11.9 Å². The number of likely N-dealkylation sites (tertiary alicyclic amines) is 1. The van der Waals surface area contributed by atoms with Gasteiger partial charge in [-0.1, -0.05) is 22.0 Å². The molecule has 33 heavy (non-hydrogen) atoms. The van der Waals surface area contributed by atoms with Crippen LogP contribution in [-0.2, 0) is 16.1 Å². The number of aliphatic carboxylic acids is 2. The molecule has 0 amide bonds. The Bertz CT molecular complexity index is 917. The Morgan fingerprint density at radius 2 is 1.52 bits per heavy atom. The van der Waals surface area contributed by atoms with Crippen molar-refractivity contribution < 1.29 is 34.0 Å². The molecule has 0 spiro atoms. The van der Waals surface area contributed by atoms with Gasteiger partial charge in [0.05, 0.1) is 21.3 Å². The molecule has 1 saturated heterocycles. The van der Waals surface area contributed by atoms with Gasteiger partial charge in [0.1, 0.15) is 0 Å². The van der Waals surface area contributed by atoms with Gasteiger partial charge in [-0.2, -0.15) is 0 Å². The van der Waals surface area contributed by atoms with Crippen LogP contribution in [0.1, 0.15) is 18.4 Å². The van der Waals surface area contributed by atoms with Crippen LogP contribution in [0.3, 0.4) is 0 Å². The van der Waals surface area contributed by atoms with Crippen molar-refractivity contribution in [2.24, 2.45) is 0 Å². The first-order valence-electron chi connectivity index (χ1n) is 10.3. The Morgan fingerprint density at radius 3 is 2.00 bits per heavy atom. The zero-order valence-corrected chi connectivity index (χ0v) is 20.4. The van der Waals surface area contributed by atoms with Gasteiger partial charge in [0.15, 0.2) is 11.5 Å². The molecule has 0 bridgehead atoms. The van der Waals surface area contributed by atoms with E-state index in [1.807, 2.05) is 6.07 Å². The molecule has 0 unspecified atom stereocenters. The number of methoxy groups -OCH3 is 3. The van der Waals surface area contributed by atoms with Crippen molar-refractivity contribution in [3.05, 3.63) is 46.4 Å². The van der Waals surface area contributed by atoms with Crippen LogP contribution in [0.5, 0.6) is 17.2 Å². The highest BCUT2D eigenvalue weighted by atomic mass is 79.9. The van der Waals surface area contributed by atoms with E-state index in [-0.39, 0.29) is 0 Å². The van der Waals surface area contributed by atoms with Crippen LogP contribution in [0.15, 0.2) is 40.9 Å². The minimum atomic E-state index is -1.82. The molecule has 0 aromatic heterocycles. The molecule has 9 nitrogen and oxygen atoms in total. The van der Waals surface area contributed by atoms with Gasteiger partial charge >= 0.3 is 11.9 Å².